The molecular weight excluding hydrogens is 282 g/mol. The van der Waals surface area contributed by atoms with Gasteiger partial charge in [0.1, 0.15) is 6.10 Å². The van der Waals surface area contributed by atoms with Crippen molar-refractivity contribution in [3.63, 3.8) is 0 Å². The summed E-state index contributed by atoms with van der Waals surface area (Å²) in [6, 6.07) is -0.332. The Labute approximate surface area is 134 Å². The Morgan fingerprint density at radius 1 is 1.23 bits per heavy atom. The molecule has 0 heterocycles. The van der Waals surface area contributed by atoms with Gasteiger partial charge < -0.3 is 20.3 Å². The first kappa shape index (κ1) is 21.1. The smallest absolute Gasteiger partial charge is 0.249 e. The van der Waals surface area contributed by atoms with Crippen LogP contribution in [0.3, 0.4) is 0 Å². The topological polar surface area (TPSA) is 78.8 Å². The van der Waals surface area contributed by atoms with Crippen molar-refractivity contribution in [2.45, 2.75) is 72.5 Å². The standard InChI is InChI=1S/C17H33NO4/c1-8-11(5)15(12(6)19)18-16(20)13(7)22-17(21)14(9-2)10(3)4/h9-15,17,19,21H,2,8H2,1,3-7H3,(H,18,20). The van der Waals surface area contributed by atoms with Crippen molar-refractivity contribution in [1.29, 1.82) is 0 Å². The molecule has 5 nitrogen and oxygen atoms in total. The lowest BCUT2D eigenvalue weighted by Gasteiger charge is -2.30. The molecule has 6 atom stereocenters. The van der Waals surface area contributed by atoms with Gasteiger partial charge in [-0.15, -0.1) is 6.58 Å². The second kappa shape index (κ2) is 9.98. The normalized spacial score (nSPS) is 19.9. The molecule has 0 aliphatic heterocycles. The first-order chi connectivity index (χ1) is 10.1. The number of amides is 1. The summed E-state index contributed by atoms with van der Waals surface area (Å²) in [6.07, 6.45) is -0.0434. The van der Waals surface area contributed by atoms with Crippen LogP contribution >= 0.6 is 0 Å². The highest BCUT2D eigenvalue weighted by atomic mass is 16.6. The van der Waals surface area contributed by atoms with Gasteiger partial charge in [-0.3, -0.25) is 4.79 Å². The summed E-state index contributed by atoms with van der Waals surface area (Å²) in [5, 5.41) is 22.7. The van der Waals surface area contributed by atoms with Gasteiger partial charge >= 0.3 is 0 Å². The fraction of sp³-hybridized carbons (Fsp3) is 0.824. The maximum absolute atomic E-state index is 12.2. The zero-order chi connectivity index (χ0) is 17.4. The molecule has 0 aromatic heterocycles. The minimum Gasteiger partial charge on any atom is -0.391 e. The Morgan fingerprint density at radius 2 is 1.77 bits per heavy atom. The van der Waals surface area contributed by atoms with Gasteiger partial charge in [0.25, 0.3) is 0 Å². The minimum atomic E-state index is -1.08. The largest absolute Gasteiger partial charge is 0.391 e. The van der Waals surface area contributed by atoms with Crippen molar-refractivity contribution < 1.29 is 19.7 Å². The van der Waals surface area contributed by atoms with Gasteiger partial charge in [-0.05, 0) is 25.7 Å². The number of carbonyl (C=O) groups excluding carboxylic acids is 1. The summed E-state index contributed by atoms with van der Waals surface area (Å²) in [6.45, 7) is 14.8. The summed E-state index contributed by atoms with van der Waals surface area (Å²) in [4.78, 5) is 12.2. The summed E-state index contributed by atoms with van der Waals surface area (Å²) in [7, 11) is 0. The molecular formula is C17H33NO4. The zero-order valence-electron chi connectivity index (χ0n) is 14.7. The van der Waals surface area contributed by atoms with Gasteiger partial charge in [0.05, 0.1) is 12.1 Å². The highest BCUT2D eigenvalue weighted by Crippen LogP contribution is 2.19. The van der Waals surface area contributed by atoms with Crippen LogP contribution in [0.2, 0.25) is 0 Å². The number of aliphatic hydroxyl groups excluding tert-OH is 2. The van der Waals surface area contributed by atoms with Gasteiger partial charge in [-0.2, -0.15) is 0 Å². The quantitative estimate of drug-likeness (QED) is 0.426. The van der Waals surface area contributed by atoms with E-state index in [1.807, 2.05) is 27.7 Å². The maximum Gasteiger partial charge on any atom is 0.249 e. The Hall–Kier alpha value is -0.910. The fourth-order valence-corrected chi connectivity index (χ4v) is 2.35. The highest BCUT2D eigenvalue weighted by Gasteiger charge is 2.28. The number of carbonyl (C=O) groups is 1. The number of ether oxygens (including phenoxy) is 1. The van der Waals surface area contributed by atoms with Crippen molar-refractivity contribution in [1.82, 2.24) is 5.32 Å². The summed E-state index contributed by atoms with van der Waals surface area (Å²) >= 11 is 0. The van der Waals surface area contributed by atoms with Crippen molar-refractivity contribution in [3.05, 3.63) is 12.7 Å². The molecule has 3 N–H and O–H groups in total. The Balaban J connectivity index is 4.68. The van der Waals surface area contributed by atoms with E-state index in [1.54, 1.807) is 19.9 Å². The third-order valence-corrected chi connectivity index (χ3v) is 4.17. The molecule has 6 unspecified atom stereocenters. The highest BCUT2D eigenvalue weighted by molar-refractivity contribution is 5.80. The second-order valence-corrected chi connectivity index (χ2v) is 6.39. The predicted molar refractivity (Wildman–Crippen MR) is 88.1 cm³/mol. The molecule has 22 heavy (non-hydrogen) atoms. The van der Waals surface area contributed by atoms with Crippen molar-refractivity contribution >= 4 is 5.91 Å². The van der Waals surface area contributed by atoms with E-state index in [4.69, 9.17) is 4.74 Å². The molecule has 130 valence electrons. The number of hydrogen-bond acceptors (Lipinski definition) is 4. The Kier molecular flexibility index (Phi) is 9.56. The van der Waals surface area contributed by atoms with Gasteiger partial charge in [0.15, 0.2) is 6.29 Å². The third-order valence-electron chi connectivity index (χ3n) is 4.17. The van der Waals surface area contributed by atoms with Crippen LogP contribution in [0.15, 0.2) is 12.7 Å². The molecule has 0 saturated heterocycles. The van der Waals surface area contributed by atoms with Crippen LogP contribution in [0, 0.1) is 17.8 Å². The molecule has 0 fully saturated rings. The van der Waals surface area contributed by atoms with E-state index >= 15 is 0 Å². The van der Waals surface area contributed by atoms with E-state index in [1.165, 1.54) is 0 Å². The van der Waals surface area contributed by atoms with Gasteiger partial charge in [0, 0.05) is 5.92 Å². The first-order valence-electron chi connectivity index (χ1n) is 8.10. The Morgan fingerprint density at radius 3 is 2.14 bits per heavy atom. The molecule has 5 heteroatoms. The fourth-order valence-electron chi connectivity index (χ4n) is 2.35. The summed E-state index contributed by atoms with van der Waals surface area (Å²) in [5.41, 5.74) is 0. The van der Waals surface area contributed by atoms with Crippen LogP contribution in [-0.4, -0.2) is 40.7 Å². The van der Waals surface area contributed by atoms with E-state index < -0.39 is 18.5 Å². The van der Waals surface area contributed by atoms with Crippen LogP contribution < -0.4 is 5.32 Å². The first-order valence-corrected chi connectivity index (χ1v) is 8.10. The van der Waals surface area contributed by atoms with Gasteiger partial charge in [-0.25, -0.2) is 0 Å². The molecule has 0 aliphatic carbocycles. The van der Waals surface area contributed by atoms with E-state index in [9.17, 15) is 15.0 Å². The lowest BCUT2D eigenvalue weighted by molar-refractivity contribution is -0.173. The number of rotatable bonds is 10. The van der Waals surface area contributed by atoms with Gasteiger partial charge in [-0.1, -0.05) is 40.2 Å². The van der Waals surface area contributed by atoms with E-state index in [0.717, 1.165) is 6.42 Å². The van der Waals surface area contributed by atoms with Crippen molar-refractivity contribution in [3.8, 4) is 0 Å². The second-order valence-electron chi connectivity index (χ2n) is 6.39. The zero-order valence-corrected chi connectivity index (χ0v) is 14.7. The monoisotopic (exact) mass is 315 g/mol. The third kappa shape index (κ3) is 6.46. The minimum absolute atomic E-state index is 0.151. The average molecular weight is 315 g/mol. The molecule has 1 amide bonds. The van der Waals surface area contributed by atoms with Crippen molar-refractivity contribution in [2.24, 2.45) is 17.8 Å². The number of nitrogens with one attached hydrogen (secondary N) is 1. The lowest BCUT2D eigenvalue weighted by atomic mass is 9.94. The number of hydrogen-bond donors (Lipinski definition) is 3. The maximum atomic E-state index is 12.2. The predicted octanol–water partition coefficient (Wildman–Crippen LogP) is 2.08. The van der Waals surface area contributed by atoms with E-state index in [0.29, 0.717) is 0 Å². The molecule has 0 bridgehead atoms. The number of aliphatic hydroxyl groups is 2. The molecule has 0 spiro atoms. The molecule has 0 radical (unpaired) electrons. The van der Waals surface area contributed by atoms with Gasteiger partial charge in [0.2, 0.25) is 5.91 Å². The SMILES string of the molecule is C=CC(C(C)C)C(O)OC(C)C(=O)NC(C(C)O)C(C)CC. The molecule has 0 aromatic carbocycles. The average Bonchev–Trinajstić information content (AvgIpc) is 2.43. The van der Waals surface area contributed by atoms with Crippen LogP contribution in [0.25, 0.3) is 0 Å². The van der Waals surface area contributed by atoms with Crippen LogP contribution in [-0.2, 0) is 9.53 Å². The van der Waals surface area contributed by atoms with E-state index in [2.05, 4.69) is 11.9 Å². The van der Waals surface area contributed by atoms with Crippen LogP contribution in [0.5, 0.6) is 0 Å². The molecule has 0 aromatic rings. The summed E-state index contributed by atoms with van der Waals surface area (Å²) in [5.74, 6) is -0.264. The van der Waals surface area contributed by atoms with Crippen molar-refractivity contribution in [2.75, 3.05) is 0 Å². The molecule has 0 aliphatic rings. The summed E-state index contributed by atoms with van der Waals surface area (Å²) < 4.78 is 5.41. The molecule has 0 saturated carbocycles. The molecule has 0 rings (SSSR count). The van der Waals surface area contributed by atoms with Crippen LogP contribution in [0.4, 0.5) is 0 Å². The lowest BCUT2D eigenvalue weighted by Crippen LogP contribution is -2.50. The van der Waals surface area contributed by atoms with E-state index in [-0.39, 0.29) is 29.7 Å². The Bertz CT molecular complexity index is 344. The van der Waals surface area contributed by atoms with Crippen LogP contribution in [0.1, 0.15) is 48.0 Å².